The van der Waals surface area contributed by atoms with Crippen LogP contribution in [0.25, 0.3) is 0 Å². The third-order valence-corrected chi connectivity index (χ3v) is 2.45. The monoisotopic (exact) mass is 290 g/mol. The minimum Gasteiger partial charge on any atom is -0.481 e. The Morgan fingerprint density at radius 2 is 1.81 bits per heavy atom. The zero-order chi connectivity index (χ0) is 15.2. The summed E-state index contributed by atoms with van der Waals surface area (Å²) in [4.78, 5) is 24.1. The number of nitrogens with zero attached hydrogens (tertiary/aromatic N) is 3. The van der Waals surface area contributed by atoms with Crippen molar-refractivity contribution in [3.63, 3.8) is 0 Å². The number of pyridine rings is 1. The van der Waals surface area contributed by atoms with Gasteiger partial charge in [-0.25, -0.2) is 10.8 Å². The van der Waals surface area contributed by atoms with Crippen molar-refractivity contribution in [3.05, 3.63) is 30.0 Å². The lowest BCUT2D eigenvalue weighted by molar-refractivity contribution is 0.102. The van der Waals surface area contributed by atoms with E-state index in [0.29, 0.717) is 5.82 Å². The van der Waals surface area contributed by atoms with E-state index in [1.165, 1.54) is 26.4 Å². The van der Waals surface area contributed by atoms with E-state index < -0.39 is 5.91 Å². The Balaban J connectivity index is 2.22. The molecule has 2 heterocycles. The van der Waals surface area contributed by atoms with Crippen molar-refractivity contribution < 1.29 is 14.3 Å². The van der Waals surface area contributed by atoms with Crippen molar-refractivity contribution in [3.8, 4) is 11.8 Å². The predicted octanol–water partition coefficient (Wildman–Crippen LogP) is 0.427. The summed E-state index contributed by atoms with van der Waals surface area (Å²) < 4.78 is 9.99. The Labute approximate surface area is 120 Å². The lowest BCUT2D eigenvalue weighted by Crippen LogP contribution is -2.17. The number of ether oxygens (including phenoxy) is 2. The van der Waals surface area contributed by atoms with Gasteiger partial charge in [-0.2, -0.15) is 9.97 Å². The first kappa shape index (κ1) is 14.5. The Morgan fingerprint density at radius 1 is 1.14 bits per heavy atom. The Morgan fingerprint density at radius 3 is 2.38 bits per heavy atom. The quantitative estimate of drug-likeness (QED) is 0.534. The van der Waals surface area contributed by atoms with Crippen LogP contribution in [0.1, 0.15) is 10.5 Å². The number of nitrogens with two attached hydrogens (primary N) is 1. The molecule has 0 aliphatic rings. The van der Waals surface area contributed by atoms with Crippen molar-refractivity contribution in [1.29, 1.82) is 0 Å². The molecule has 0 bridgehead atoms. The molecule has 0 unspecified atom stereocenters. The van der Waals surface area contributed by atoms with Gasteiger partial charge in [0.25, 0.3) is 5.91 Å². The topological polar surface area (TPSA) is 124 Å². The maximum atomic E-state index is 12.1. The van der Waals surface area contributed by atoms with Crippen molar-refractivity contribution in [2.45, 2.75) is 0 Å². The first-order valence-corrected chi connectivity index (χ1v) is 5.88. The highest BCUT2D eigenvalue weighted by molar-refractivity contribution is 6.02. The number of nitrogen functional groups attached to an aromatic ring is 1. The van der Waals surface area contributed by atoms with Crippen LogP contribution in [0.15, 0.2) is 24.3 Å². The third kappa shape index (κ3) is 3.54. The number of rotatable bonds is 5. The van der Waals surface area contributed by atoms with E-state index in [0.717, 1.165) is 0 Å². The van der Waals surface area contributed by atoms with E-state index in [1.54, 1.807) is 12.1 Å². The molecule has 0 saturated carbocycles. The zero-order valence-corrected chi connectivity index (χ0v) is 11.5. The molecule has 2 rings (SSSR count). The lowest BCUT2D eigenvalue weighted by Gasteiger charge is -2.07. The van der Waals surface area contributed by atoms with Gasteiger partial charge >= 0.3 is 0 Å². The van der Waals surface area contributed by atoms with Crippen LogP contribution in [0.3, 0.4) is 0 Å². The standard InChI is InChI=1S/C12H14N6O3/c1-20-9-6-10(21-2)16-12(15-9)17-11(19)7-4-3-5-8(14-7)18-13/h3-6H,13H2,1-2H3,(H,14,18)(H,15,16,17,19). The minimum atomic E-state index is -0.484. The first-order valence-electron chi connectivity index (χ1n) is 5.88. The number of aromatic nitrogens is 3. The molecule has 0 spiro atoms. The van der Waals surface area contributed by atoms with Crippen molar-refractivity contribution in [1.82, 2.24) is 15.0 Å². The summed E-state index contributed by atoms with van der Waals surface area (Å²) in [6, 6.07) is 6.30. The van der Waals surface area contributed by atoms with Gasteiger partial charge in [0.1, 0.15) is 11.5 Å². The molecular weight excluding hydrogens is 276 g/mol. The predicted molar refractivity (Wildman–Crippen MR) is 75.1 cm³/mol. The van der Waals surface area contributed by atoms with Crippen molar-refractivity contribution in [2.75, 3.05) is 25.0 Å². The second-order valence-electron chi connectivity index (χ2n) is 3.78. The Bertz CT molecular complexity index is 626. The molecule has 110 valence electrons. The van der Waals surface area contributed by atoms with Gasteiger partial charge in [-0.3, -0.25) is 10.1 Å². The van der Waals surface area contributed by atoms with Crippen LogP contribution in [0.2, 0.25) is 0 Å². The fraction of sp³-hybridized carbons (Fsp3) is 0.167. The summed E-state index contributed by atoms with van der Waals surface area (Å²) >= 11 is 0. The van der Waals surface area contributed by atoms with Gasteiger partial charge in [0.2, 0.25) is 17.7 Å². The van der Waals surface area contributed by atoms with Gasteiger partial charge in [-0.15, -0.1) is 0 Å². The maximum Gasteiger partial charge on any atom is 0.276 e. The second-order valence-corrected chi connectivity index (χ2v) is 3.78. The SMILES string of the molecule is COc1cc(OC)nc(NC(=O)c2cccc(NN)n2)n1. The molecule has 1 amide bonds. The normalized spacial score (nSPS) is 9.86. The van der Waals surface area contributed by atoms with Crippen LogP contribution in [0.5, 0.6) is 11.8 Å². The molecule has 21 heavy (non-hydrogen) atoms. The number of nitrogens with one attached hydrogen (secondary N) is 2. The van der Waals surface area contributed by atoms with Gasteiger partial charge in [0, 0.05) is 0 Å². The molecule has 2 aromatic heterocycles. The maximum absolute atomic E-state index is 12.1. The fourth-order valence-electron chi connectivity index (χ4n) is 1.48. The molecule has 0 atom stereocenters. The molecule has 0 fully saturated rings. The molecule has 0 radical (unpaired) electrons. The molecule has 0 aromatic carbocycles. The number of hydrazine groups is 1. The van der Waals surface area contributed by atoms with E-state index in [-0.39, 0.29) is 23.4 Å². The van der Waals surface area contributed by atoms with Crippen LogP contribution < -0.4 is 26.1 Å². The van der Waals surface area contributed by atoms with Crippen LogP contribution in [-0.4, -0.2) is 35.1 Å². The van der Waals surface area contributed by atoms with Gasteiger partial charge in [-0.05, 0) is 12.1 Å². The molecule has 4 N–H and O–H groups in total. The zero-order valence-electron chi connectivity index (χ0n) is 11.5. The number of carbonyl (C=O) groups is 1. The van der Waals surface area contributed by atoms with Gasteiger partial charge < -0.3 is 14.9 Å². The molecule has 0 aliphatic carbocycles. The lowest BCUT2D eigenvalue weighted by atomic mass is 10.3. The molecular formula is C12H14N6O3. The smallest absolute Gasteiger partial charge is 0.276 e. The average molecular weight is 290 g/mol. The van der Waals surface area contributed by atoms with Crippen molar-refractivity contribution >= 4 is 17.7 Å². The number of anilines is 2. The average Bonchev–Trinajstić information content (AvgIpc) is 2.54. The number of hydrogen-bond acceptors (Lipinski definition) is 8. The van der Waals surface area contributed by atoms with Gasteiger partial charge in [0.05, 0.1) is 20.3 Å². The van der Waals surface area contributed by atoms with Crippen LogP contribution in [0.4, 0.5) is 11.8 Å². The van der Waals surface area contributed by atoms with Crippen LogP contribution >= 0.6 is 0 Å². The highest BCUT2D eigenvalue weighted by Crippen LogP contribution is 2.17. The van der Waals surface area contributed by atoms with E-state index in [1.807, 2.05) is 0 Å². The summed E-state index contributed by atoms with van der Waals surface area (Å²) in [7, 11) is 2.90. The van der Waals surface area contributed by atoms with E-state index in [9.17, 15) is 4.79 Å². The molecule has 9 nitrogen and oxygen atoms in total. The molecule has 2 aromatic rings. The number of methoxy groups -OCH3 is 2. The number of hydrogen-bond donors (Lipinski definition) is 3. The molecule has 0 saturated heterocycles. The highest BCUT2D eigenvalue weighted by atomic mass is 16.5. The summed E-state index contributed by atoms with van der Waals surface area (Å²) in [5.74, 6) is 5.71. The Hall–Kier alpha value is -2.94. The molecule has 9 heteroatoms. The number of amides is 1. The van der Waals surface area contributed by atoms with E-state index >= 15 is 0 Å². The first-order chi connectivity index (χ1) is 10.2. The van der Waals surface area contributed by atoms with E-state index in [2.05, 4.69) is 25.7 Å². The highest BCUT2D eigenvalue weighted by Gasteiger charge is 2.12. The largest absolute Gasteiger partial charge is 0.481 e. The molecule has 0 aliphatic heterocycles. The van der Waals surface area contributed by atoms with Crippen LogP contribution in [-0.2, 0) is 0 Å². The Kier molecular flexibility index (Phi) is 4.46. The summed E-state index contributed by atoms with van der Waals surface area (Å²) in [6.07, 6.45) is 0. The third-order valence-electron chi connectivity index (χ3n) is 2.45. The summed E-state index contributed by atoms with van der Waals surface area (Å²) in [6.45, 7) is 0. The van der Waals surface area contributed by atoms with Crippen LogP contribution in [0, 0.1) is 0 Å². The summed E-state index contributed by atoms with van der Waals surface area (Å²) in [5.41, 5.74) is 2.52. The second kappa shape index (κ2) is 6.48. The number of carbonyl (C=O) groups excluding carboxylic acids is 1. The van der Waals surface area contributed by atoms with Crippen molar-refractivity contribution in [2.24, 2.45) is 5.84 Å². The van der Waals surface area contributed by atoms with E-state index in [4.69, 9.17) is 15.3 Å². The van der Waals surface area contributed by atoms with Gasteiger partial charge in [0.15, 0.2) is 0 Å². The summed E-state index contributed by atoms with van der Waals surface area (Å²) in [5, 5.41) is 2.51. The fourth-order valence-corrected chi connectivity index (χ4v) is 1.48. The van der Waals surface area contributed by atoms with Gasteiger partial charge in [-0.1, -0.05) is 6.07 Å². The minimum absolute atomic E-state index is 0.0455.